The number of piperidine rings is 1. The summed E-state index contributed by atoms with van der Waals surface area (Å²) in [4.78, 5) is 25.3. The molecule has 5 heteroatoms. The van der Waals surface area contributed by atoms with Crippen LogP contribution in [0.4, 0.5) is 0 Å². The average molecular weight is 256 g/mol. The molecular weight excluding hydrogens is 232 g/mol. The van der Waals surface area contributed by atoms with Crippen molar-refractivity contribution in [1.29, 1.82) is 0 Å². The third-order valence-electron chi connectivity index (χ3n) is 4.42. The van der Waals surface area contributed by atoms with Crippen molar-refractivity contribution in [3.63, 3.8) is 0 Å². The van der Waals surface area contributed by atoms with Gasteiger partial charge in [0.25, 0.3) is 0 Å². The van der Waals surface area contributed by atoms with Crippen LogP contribution in [0.3, 0.4) is 0 Å². The SMILES string of the molecule is CCC(C)(CN)C(=O)N1CCC(C)(C(=O)O)CC1. The van der Waals surface area contributed by atoms with E-state index in [9.17, 15) is 9.59 Å². The minimum Gasteiger partial charge on any atom is -0.481 e. The lowest BCUT2D eigenvalue weighted by Gasteiger charge is -2.40. The Kier molecular flexibility index (Phi) is 4.37. The van der Waals surface area contributed by atoms with Crippen LogP contribution in [0.1, 0.15) is 40.0 Å². The number of carbonyl (C=O) groups is 2. The first kappa shape index (κ1) is 15.0. The molecule has 0 saturated carbocycles. The highest BCUT2D eigenvalue weighted by Gasteiger charge is 2.41. The second-order valence-electron chi connectivity index (χ2n) is 5.78. The summed E-state index contributed by atoms with van der Waals surface area (Å²) in [5, 5.41) is 9.15. The Morgan fingerprint density at radius 3 is 2.22 bits per heavy atom. The third kappa shape index (κ3) is 2.66. The fourth-order valence-corrected chi connectivity index (χ4v) is 2.18. The quantitative estimate of drug-likeness (QED) is 0.788. The predicted octanol–water partition coefficient (Wildman–Crippen LogP) is 1.07. The molecule has 0 aromatic heterocycles. The van der Waals surface area contributed by atoms with E-state index < -0.39 is 16.8 Å². The van der Waals surface area contributed by atoms with Crippen molar-refractivity contribution in [2.75, 3.05) is 19.6 Å². The molecule has 104 valence electrons. The van der Waals surface area contributed by atoms with Gasteiger partial charge in [-0.3, -0.25) is 9.59 Å². The standard InChI is InChI=1S/C13H24N2O3/c1-4-12(2,9-14)10(16)15-7-5-13(3,6-8-15)11(17)18/h4-9,14H2,1-3H3,(H,17,18). The molecular formula is C13H24N2O3. The van der Waals surface area contributed by atoms with E-state index >= 15 is 0 Å². The molecule has 1 saturated heterocycles. The summed E-state index contributed by atoms with van der Waals surface area (Å²) in [7, 11) is 0. The van der Waals surface area contributed by atoms with E-state index in [1.165, 1.54) is 0 Å². The zero-order chi connectivity index (χ0) is 14.0. The summed E-state index contributed by atoms with van der Waals surface area (Å²) in [6, 6.07) is 0. The molecule has 1 heterocycles. The van der Waals surface area contributed by atoms with Crippen LogP contribution in [0.25, 0.3) is 0 Å². The van der Waals surface area contributed by atoms with Crippen LogP contribution in [-0.2, 0) is 9.59 Å². The van der Waals surface area contributed by atoms with Crippen LogP contribution in [-0.4, -0.2) is 41.5 Å². The summed E-state index contributed by atoms with van der Waals surface area (Å²) in [6.07, 6.45) is 1.73. The predicted molar refractivity (Wildman–Crippen MR) is 69.0 cm³/mol. The second kappa shape index (κ2) is 5.26. The lowest BCUT2D eigenvalue weighted by molar-refractivity contribution is -0.155. The Balaban J connectivity index is 2.69. The van der Waals surface area contributed by atoms with Crippen molar-refractivity contribution in [2.45, 2.75) is 40.0 Å². The van der Waals surface area contributed by atoms with Gasteiger partial charge in [0.05, 0.1) is 10.8 Å². The zero-order valence-corrected chi connectivity index (χ0v) is 11.5. The second-order valence-corrected chi connectivity index (χ2v) is 5.78. The summed E-state index contributed by atoms with van der Waals surface area (Å²) in [6.45, 7) is 6.93. The molecule has 1 aliphatic heterocycles. The van der Waals surface area contributed by atoms with Crippen molar-refractivity contribution in [3.05, 3.63) is 0 Å². The highest BCUT2D eigenvalue weighted by molar-refractivity contribution is 5.83. The molecule has 5 nitrogen and oxygen atoms in total. The van der Waals surface area contributed by atoms with Gasteiger partial charge in [-0.05, 0) is 33.1 Å². The van der Waals surface area contributed by atoms with E-state index in [1.54, 1.807) is 11.8 Å². The number of aliphatic carboxylic acids is 1. The van der Waals surface area contributed by atoms with Crippen molar-refractivity contribution in [1.82, 2.24) is 4.90 Å². The van der Waals surface area contributed by atoms with Gasteiger partial charge in [0, 0.05) is 19.6 Å². The molecule has 0 aromatic rings. The molecule has 1 amide bonds. The molecule has 0 aromatic carbocycles. The summed E-state index contributed by atoms with van der Waals surface area (Å²) in [5.74, 6) is -0.716. The fraction of sp³-hybridized carbons (Fsp3) is 0.846. The molecule has 0 aliphatic carbocycles. The van der Waals surface area contributed by atoms with E-state index in [0.717, 1.165) is 0 Å². The van der Waals surface area contributed by atoms with Crippen LogP contribution in [0.5, 0.6) is 0 Å². The van der Waals surface area contributed by atoms with Crippen molar-refractivity contribution in [2.24, 2.45) is 16.6 Å². The maximum Gasteiger partial charge on any atom is 0.309 e. The van der Waals surface area contributed by atoms with E-state index in [1.807, 2.05) is 13.8 Å². The maximum atomic E-state index is 12.4. The lowest BCUT2D eigenvalue weighted by Crippen LogP contribution is -2.51. The van der Waals surface area contributed by atoms with E-state index in [2.05, 4.69) is 0 Å². The van der Waals surface area contributed by atoms with Crippen LogP contribution in [0.2, 0.25) is 0 Å². The van der Waals surface area contributed by atoms with Crippen molar-refractivity contribution >= 4 is 11.9 Å². The largest absolute Gasteiger partial charge is 0.481 e. The van der Waals surface area contributed by atoms with Gasteiger partial charge < -0.3 is 15.7 Å². The normalized spacial score (nSPS) is 22.3. The van der Waals surface area contributed by atoms with Gasteiger partial charge in [-0.25, -0.2) is 0 Å². The lowest BCUT2D eigenvalue weighted by atomic mass is 9.79. The number of carbonyl (C=O) groups excluding carboxylic acids is 1. The van der Waals surface area contributed by atoms with Crippen LogP contribution < -0.4 is 5.73 Å². The van der Waals surface area contributed by atoms with Gasteiger partial charge in [0.1, 0.15) is 0 Å². The number of nitrogens with zero attached hydrogens (tertiary/aromatic N) is 1. The van der Waals surface area contributed by atoms with E-state index in [4.69, 9.17) is 10.8 Å². The first-order chi connectivity index (χ1) is 8.29. The maximum absolute atomic E-state index is 12.4. The molecule has 0 radical (unpaired) electrons. The van der Waals surface area contributed by atoms with E-state index in [0.29, 0.717) is 38.9 Å². The zero-order valence-electron chi connectivity index (χ0n) is 11.5. The minimum absolute atomic E-state index is 0.0555. The van der Waals surface area contributed by atoms with Gasteiger partial charge >= 0.3 is 5.97 Å². The fourth-order valence-electron chi connectivity index (χ4n) is 2.18. The highest BCUT2D eigenvalue weighted by Crippen LogP contribution is 2.33. The average Bonchev–Trinajstić information content (AvgIpc) is 2.37. The van der Waals surface area contributed by atoms with Gasteiger partial charge in [-0.2, -0.15) is 0 Å². The number of hydrogen-bond acceptors (Lipinski definition) is 3. The molecule has 1 atom stereocenters. The number of carboxylic acids is 1. The number of nitrogens with two attached hydrogens (primary N) is 1. The van der Waals surface area contributed by atoms with Gasteiger partial charge in [-0.1, -0.05) is 6.92 Å². The van der Waals surface area contributed by atoms with Crippen LogP contribution in [0.15, 0.2) is 0 Å². The number of rotatable bonds is 4. The molecule has 1 aliphatic rings. The molecule has 1 fully saturated rings. The minimum atomic E-state index is -0.772. The molecule has 3 N–H and O–H groups in total. The number of hydrogen-bond donors (Lipinski definition) is 2. The number of carboxylic acid groups (broad SMARTS) is 1. The summed E-state index contributed by atoms with van der Waals surface area (Å²) in [5.41, 5.74) is 4.48. The third-order valence-corrected chi connectivity index (χ3v) is 4.42. The molecule has 0 spiro atoms. The Morgan fingerprint density at radius 2 is 1.89 bits per heavy atom. The van der Waals surface area contributed by atoms with Crippen molar-refractivity contribution in [3.8, 4) is 0 Å². The van der Waals surface area contributed by atoms with Crippen LogP contribution >= 0.6 is 0 Å². The Morgan fingerprint density at radius 1 is 1.39 bits per heavy atom. The van der Waals surface area contributed by atoms with Gasteiger partial charge in [-0.15, -0.1) is 0 Å². The first-order valence-corrected chi connectivity index (χ1v) is 6.52. The van der Waals surface area contributed by atoms with Crippen LogP contribution in [0, 0.1) is 10.8 Å². The first-order valence-electron chi connectivity index (χ1n) is 6.52. The Labute approximate surface area is 108 Å². The highest BCUT2D eigenvalue weighted by atomic mass is 16.4. The number of amides is 1. The Hall–Kier alpha value is -1.10. The topological polar surface area (TPSA) is 83.6 Å². The Bertz CT molecular complexity index is 329. The molecule has 18 heavy (non-hydrogen) atoms. The summed E-state index contributed by atoms with van der Waals surface area (Å²) >= 11 is 0. The molecule has 0 bridgehead atoms. The van der Waals surface area contributed by atoms with Gasteiger partial charge in [0.2, 0.25) is 5.91 Å². The summed E-state index contributed by atoms with van der Waals surface area (Å²) < 4.78 is 0. The monoisotopic (exact) mass is 256 g/mol. The van der Waals surface area contributed by atoms with E-state index in [-0.39, 0.29) is 5.91 Å². The number of likely N-dealkylation sites (tertiary alicyclic amines) is 1. The molecule has 1 rings (SSSR count). The van der Waals surface area contributed by atoms with Gasteiger partial charge in [0.15, 0.2) is 0 Å². The molecule has 1 unspecified atom stereocenters. The van der Waals surface area contributed by atoms with Crippen molar-refractivity contribution < 1.29 is 14.7 Å². The smallest absolute Gasteiger partial charge is 0.309 e.